The van der Waals surface area contributed by atoms with Crippen LogP contribution < -0.4 is 0 Å². The number of rotatable bonds is 11. The van der Waals surface area contributed by atoms with Crippen LogP contribution in [0.4, 0.5) is 9.59 Å². The molecule has 0 rings (SSSR count). The van der Waals surface area contributed by atoms with Gasteiger partial charge in [-0.3, -0.25) is 0 Å². The molecule has 0 spiro atoms. The highest BCUT2D eigenvalue weighted by atomic mass is 16.7. The molecule has 20 heavy (non-hydrogen) atoms. The molecule has 2 N–H and O–H groups in total. The molecule has 0 aliphatic heterocycles. The van der Waals surface area contributed by atoms with E-state index in [0.29, 0.717) is 12.8 Å². The highest BCUT2D eigenvalue weighted by Crippen LogP contribution is 2.01. The molecule has 8 nitrogen and oxygen atoms in total. The van der Waals surface area contributed by atoms with Gasteiger partial charge in [0.15, 0.2) is 0 Å². The standard InChI is InChI=1S/C12H22O8/c13-5-9-19-11(15)17-7-3-1-2-4-8-18-12(16)20-10-6-14/h13-14H,1-10H2. The number of ether oxygens (including phenoxy) is 4. The summed E-state index contributed by atoms with van der Waals surface area (Å²) in [5.41, 5.74) is 0. The Labute approximate surface area is 117 Å². The minimum Gasteiger partial charge on any atom is -0.434 e. The Morgan fingerprint density at radius 3 is 1.30 bits per heavy atom. The van der Waals surface area contributed by atoms with Crippen molar-refractivity contribution in [2.24, 2.45) is 0 Å². The molecule has 0 aromatic carbocycles. The Kier molecular flexibility index (Phi) is 12.8. The summed E-state index contributed by atoms with van der Waals surface area (Å²) < 4.78 is 18.5. The molecule has 0 aromatic heterocycles. The molecule has 0 unspecified atom stereocenters. The largest absolute Gasteiger partial charge is 0.508 e. The van der Waals surface area contributed by atoms with Crippen LogP contribution in [0.25, 0.3) is 0 Å². The van der Waals surface area contributed by atoms with Crippen LogP contribution in [-0.2, 0) is 18.9 Å². The SMILES string of the molecule is O=C(OCCO)OCCCCCCOC(=O)OCCO. The fraction of sp³-hybridized carbons (Fsp3) is 0.833. The first kappa shape index (κ1) is 18.5. The number of hydrogen-bond donors (Lipinski definition) is 2. The average molecular weight is 294 g/mol. The van der Waals surface area contributed by atoms with E-state index in [0.717, 1.165) is 12.8 Å². The van der Waals surface area contributed by atoms with E-state index in [4.69, 9.17) is 19.7 Å². The molecular weight excluding hydrogens is 272 g/mol. The molecule has 0 saturated heterocycles. The van der Waals surface area contributed by atoms with Crippen molar-refractivity contribution in [3.8, 4) is 0 Å². The normalized spacial score (nSPS) is 9.90. The topological polar surface area (TPSA) is 112 Å². The Morgan fingerprint density at radius 2 is 0.950 bits per heavy atom. The zero-order valence-electron chi connectivity index (χ0n) is 11.4. The predicted molar refractivity (Wildman–Crippen MR) is 67.2 cm³/mol. The van der Waals surface area contributed by atoms with E-state index in [2.05, 4.69) is 9.47 Å². The van der Waals surface area contributed by atoms with Gasteiger partial charge in [-0.15, -0.1) is 0 Å². The van der Waals surface area contributed by atoms with Crippen LogP contribution in [-0.4, -0.2) is 62.2 Å². The molecule has 0 aliphatic rings. The number of unbranched alkanes of at least 4 members (excludes halogenated alkanes) is 3. The lowest BCUT2D eigenvalue weighted by Gasteiger charge is -2.06. The number of aliphatic hydroxyl groups excluding tert-OH is 2. The molecule has 0 amide bonds. The van der Waals surface area contributed by atoms with Gasteiger partial charge in [0.25, 0.3) is 0 Å². The first-order valence-corrected chi connectivity index (χ1v) is 6.51. The second-order valence-electron chi connectivity index (χ2n) is 3.76. The Hall–Kier alpha value is -1.54. The molecule has 0 heterocycles. The summed E-state index contributed by atoms with van der Waals surface area (Å²) >= 11 is 0. The monoisotopic (exact) mass is 294 g/mol. The molecule has 0 bridgehead atoms. The van der Waals surface area contributed by atoms with Gasteiger partial charge in [-0.1, -0.05) is 0 Å². The molecule has 0 aromatic rings. The Balaban J connectivity index is 3.20. The molecule has 0 fully saturated rings. The van der Waals surface area contributed by atoms with E-state index >= 15 is 0 Å². The molecular formula is C12H22O8. The van der Waals surface area contributed by atoms with Gasteiger partial charge < -0.3 is 29.2 Å². The van der Waals surface area contributed by atoms with E-state index in [1.165, 1.54) is 0 Å². The highest BCUT2D eigenvalue weighted by Gasteiger charge is 2.03. The van der Waals surface area contributed by atoms with Crippen molar-refractivity contribution in [3.63, 3.8) is 0 Å². The second-order valence-corrected chi connectivity index (χ2v) is 3.76. The third-order valence-electron chi connectivity index (χ3n) is 2.10. The lowest BCUT2D eigenvalue weighted by atomic mass is 10.2. The van der Waals surface area contributed by atoms with Crippen LogP contribution in [0.1, 0.15) is 25.7 Å². The van der Waals surface area contributed by atoms with Gasteiger partial charge in [0.05, 0.1) is 26.4 Å². The maximum atomic E-state index is 10.9. The fourth-order valence-electron chi connectivity index (χ4n) is 1.21. The molecule has 0 radical (unpaired) electrons. The first-order valence-electron chi connectivity index (χ1n) is 6.51. The van der Waals surface area contributed by atoms with Crippen molar-refractivity contribution in [3.05, 3.63) is 0 Å². The summed E-state index contributed by atoms with van der Waals surface area (Å²) in [5.74, 6) is 0. The summed E-state index contributed by atoms with van der Waals surface area (Å²) in [7, 11) is 0. The second kappa shape index (κ2) is 13.9. The summed E-state index contributed by atoms with van der Waals surface area (Å²) in [6.07, 6.45) is 1.44. The fourth-order valence-corrected chi connectivity index (χ4v) is 1.21. The first-order chi connectivity index (χ1) is 9.70. The van der Waals surface area contributed by atoms with Crippen LogP contribution in [0.5, 0.6) is 0 Å². The van der Waals surface area contributed by atoms with Crippen LogP contribution in [0, 0.1) is 0 Å². The number of carbonyl (C=O) groups is 2. The summed E-state index contributed by atoms with van der Waals surface area (Å²) in [6.45, 7) is -0.0793. The van der Waals surface area contributed by atoms with Crippen LogP contribution >= 0.6 is 0 Å². The predicted octanol–water partition coefficient (Wildman–Crippen LogP) is 0.838. The van der Waals surface area contributed by atoms with Crippen LogP contribution in [0.15, 0.2) is 0 Å². The molecule has 0 aliphatic carbocycles. The van der Waals surface area contributed by atoms with Gasteiger partial charge in [-0.2, -0.15) is 0 Å². The maximum absolute atomic E-state index is 10.9. The molecule has 0 saturated carbocycles. The lowest BCUT2D eigenvalue weighted by Crippen LogP contribution is -2.11. The van der Waals surface area contributed by atoms with Gasteiger partial charge in [-0.25, -0.2) is 9.59 Å². The maximum Gasteiger partial charge on any atom is 0.508 e. The van der Waals surface area contributed by atoms with Crippen molar-refractivity contribution in [2.75, 3.05) is 39.6 Å². The van der Waals surface area contributed by atoms with Crippen molar-refractivity contribution in [2.45, 2.75) is 25.7 Å². The van der Waals surface area contributed by atoms with E-state index in [-0.39, 0.29) is 39.6 Å². The number of carbonyl (C=O) groups excluding carboxylic acids is 2. The quantitative estimate of drug-likeness (QED) is 0.426. The number of hydrogen-bond acceptors (Lipinski definition) is 8. The van der Waals surface area contributed by atoms with Crippen LogP contribution in [0.3, 0.4) is 0 Å². The third-order valence-corrected chi connectivity index (χ3v) is 2.10. The average Bonchev–Trinajstić information content (AvgIpc) is 2.45. The van der Waals surface area contributed by atoms with Crippen molar-refractivity contribution in [1.82, 2.24) is 0 Å². The molecule has 0 atom stereocenters. The highest BCUT2D eigenvalue weighted by molar-refractivity contribution is 5.60. The smallest absolute Gasteiger partial charge is 0.434 e. The van der Waals surface area contributed by atoms with E-state index in [9.17, 15) is 9.59 Å². The van der Waals surface area contributed by atoms with Gasteiger partial charge >= 0.3 is 12.3 Å². The van der Waals surface area contributed by atoms with E-state index in [1.807, 2.05) is 0 Å². The van der Waals surface area contributed by atoms with Crippen molar-refractivity contribution in [1.29, 1.82) is 0 Å². The minimum absolute atomic E-state index is 0.0669. The van der Waals surface area contributed by atoms with Gasteiger partial charge in [0.1, 0.15) is 13.2 Å². The number of aliphatic hydroxyl groups is 2. The van der Waals surface area contributed by atoms with E-state index < -0.39 is 12.3 Å². The summed E-state index contributed by atoms with van der Waals surface area (Å²) in [4.78, 5) is 21.7. The Bertz CT molecular complexity index is 230. The van der Waals surface area contributed by atoms with Crippen molar-refractivity contribution < 1.29 is 38.7 Å². The zero-order chi connectivity index (χ0) is 15.1. The van der Waals surface area contributed by atoms with Gasteiger partial charge in [0.2, 0.25) is 0 Å². The van der Waals surface area contributed by atoms with Crippen LogP contribution in [0.2, 0.25) is 0 Å². The lowest BCUT2D eigenvalue weighted by molar-refractivity contribution is 0.0397. The molecule has 8 heteroatoms. The Morgan fingerprint density at radius 1 is 0.600 bits per heavy atom. The summed E-state index contributed by atoms with van der Waals surface area (Å²) in [5, 5.41) is 16.8. The third kappa shape index (κ3) is 12.9. The van der Waals surface area contributed by atoms with Crippen molar-refractivity contribution >= 4 is 12.3 Å². The zero-order valence-corrected chi connectivity index (χ0v) is 11.4. The van der Waals surface area contributed by atoms with Gasteiger partial charge in [-0.05, 0) is 25.7 Å². The minimum atomic E-state index is -0.783. The van der Waals surface area contributed by atoms with Gasteiger partial charge in [0, 0.05) is 0 Å². The summed E-state index contributed by atoms with van der Waals surface area (Å²) in [6, 6.07) is 0. The van der Waals surface area contributed by atoms with E-state index in [1.54, 1.807) is 0 Å². The molecule has 118 valence electrons.